The zero-order valence-corrected chi connectivity index (χ0v) is 17.3. The van der Waals surface area contributed by atoms with Gasteiger partial charge in [-0.05, 0) is 54.6 Å². The number of hydrogen-bond acceptors (Lipinski definition) is 6. The van der Waals surface area contributed by atoms with E-state index in [0.717, 1.165) is 5.57 Å². The molecule has 4 aliphatic rings. The fourth-order valence-corrected chi connectivity index (χ4v) is 6.88. The van der Waals surface area contributed by atoms with Crippen LogP contribution in [-0.2, 0) is 19.1 Å². The molecular weight excluding hydrogens is 372 g/mol. The maximum atomic E-state index is 12.9. The molecule has 7 atom stereocenters. The summed E-state index contributed by atoms with van der Waals surface area (Å²) in [5.41, 5.74) is -1.71. The van der Waals surface area contributed by atoms with E-state index in [9.17, 15) is 24.6 Å². The normalized spacial score (nSPS) is 45.7. The highest BCUT2D eigenvalue weighted by Gasteiger charge is 2.67. The van der Waals surface area contributed by atoms with Crippen molar-refractivity contribution < 1.29 is 29.3 Å². The minimum Gasteiger partial charge on any atom is -0.458 e. The fraction of sp³-hybridized carbons (Fsp3) is 0.696. The lowest BCUT2D eigenvalue weighted by molar-refractivity contribution is -0.177. The molecule has 158 valence electrons. The summed E-state index contributed by atoms with van der Waals surface area (Å²) in [6.45, 7) is 4.81. The van der Waals surface area contributed by atoms with Gasteiger partial charge in [-0.2, -0.15) is 0 Å². The summed E-state index contributed by atoms with van der Waals surface area (Å²) < 4.78 is 4.87. The molecule has 0 aromatic heterocycles. The van der Waals surface area contributed by atoms with Crippen LogP contribution in [0.4, 0.5) is 0 Å². The van der Waals surface area contributed by atoms with E-state index in [1.54, 1.807) is 6.08 Å². The summed E-state index contributed by atoms with van der Waals surface area (Å²) in [5.74, 6) is -0.903. The molecule has 2 saturated carbocycles. The van der Waals surface area contributed by atoms with Gasteiger partial charge < -0.3 is 14.9 Å². The molecule has 0 unspecified atom stereocenters. The molecule has 6 heteroatoms. The van der Waals surface area contributed by atoms with Gasteiger partial charge in [0.25, 0.3) is 0 Å². The SMILES string of the molecule is CC(=O)OCC(=O)[C@]1(O)CC[C@@H]2[C@H]3C=CC4=CC(=O)CC[C@]4(C)[C@@H]3[C@@H](O)C[C@]21C. The van der Waals surface area contributed by atoms with Crippen LogP contribution in [0.2, 0.25) is 0 Å². The van der Waals surface area contributed by atoms with Crippen LogP contribution in [0, 0.1) is 28.6 Å². The van der Waals surface area contributed by atoms with E-state index in [1.807, 2.05) is 13.0 Å². The second kappa shape index (κ2) is 6.61. The summed E-state index contributed by atoms with van der Waals surface area (Å²) in [6, 6.07) is 0. The summed E-state index contributed by atoms with van der Waals surface area (Å²) in [4.78, 5) is 35.9. The number of ether oxygens (including phenoxy) is 1. The van der Waals surface area contributed by atoms with E-state index < -0.39 is 35.5 Å². The third-order valence-electron chi connectivity index (χ3n) is 8.48. The van der Waals surface area contributed by atoms with Gasteiger partial charge in [-0.15, -0.1) is 0 Å². The Morgan fingerprint density at radius 2 is 2.00 bits per heavy atom. The lowest BCUT2D eigenvalue weighted by atomic mass is 9.47. The molecule has 0 aromatic carbocycles. The molecule has 4 aliphatic carbocycles. The Balaban J connectivity index is 1.69. The summed E-state index contributed by atoms with van der Waals surface area (Å²) in [7, 11) is 0. The number of aliphatic hydroxyl groups excluding tert-OH is 1. The first-order valence-corrected chi connectivity index (χ1v) is 10.5. The third kappa shape index (κ3) is 2.79. The van der Waals surface area contributed by atoms with Crippen LogP contribution >= 0.6 is 0 Å². The van der Waals surface area contributed by atoms with Crippen molar-refractivity contribution in [3.63, 3.8) is 0 Å². The highest BCUT2D eigenvalue weighted by atomic mass is 16.5. The average Bonchev–Trinajstić information content (AvgIpc) is 2.91. The molecule has 0 saturated heterocycles. The molecule has 2 N–H and O–H groups in total. The van der Waals surface area contributed by atoms with Gasteiger partial charge in [-0.1, -0.05) is 26.0 Å². The maximum absolute atomic E-state index is 12.9. The van der Waals surface area contributed by atoms with Gasteiger partial charge in [0, 0.05) is 24.7 Å². The van der Waals surface area contributed by atoms with Crippen molar-refractivity contribution in [2.45, 2.75) is 64.6 Å². The predicted molar refractivity (Wildman–Crippen MR) is 105 cm³/mol. The number of fused-ring (bicyclic) bond motifs is 5. The quantitative estimate of drug-likeness (QED) is 0.702. The number of esters is 1. The number of carbonyl (C=O) groups excluding carboxylic acids is 3. The van der Waals surface area contributed by atoms with Crippen molar-refractivity contribution in [3.8, 4) is 0 Å². The number of rotatable bonds is 3. The van der Waals surface area contributed by atoms with E-state index in [2.05, 4.69) is 13.0 Å². The highest BCUT2D eigenvalue weighted by Crippen LogP contribution is 2.66. The van der Waals surface area contributed by atoms with Crippen LogP contribution in [0.15, 0.2) is 23.8 Å². The van der Waals surface area contributed by atoms with Crippen molar-refractivity contribution >= 4 is 17.5 Å². The Hall–Kier alpha value is -1.79. The zero-order valence-electron chi connectivity index (χ0n) is 17.3. The Labute approximate surface area is 171 Å². The number of hydrogen-bond donors (Lipinski definition) is 2. The first kappa shape index (κ1) is 20.5. The van der Waals surface area contributed by atoms with E-state index in [4.69, 9.17) is 4.74 Å². The number of ketones is 2. The molecule has 6 nitrogen and oxygen atoms in total. The van der Waals surface area contributed by atoms with Crippen LogP contribution < -0.4 is 0 Å². The first-order chi connectivity index (χ1) is 13.5. The minimum absolute atomic E-state index is 0.0228. The van der Waals surface area contributed by atoms with E-state index in [1.165, 1.54) is 6.92 Å². The largest absolute Gasteiger partial charge is 0.458 e. The third-order valence-corrected chi connectivity index (χ3v) is 8.48. The van der Waals surface area contributed by atoms with E-state index in [-0.39, 0.29) is 29.0 Å². The molecule has 0 radical (unpaired) electrons. The lowest BCUT2D eigenvalue weighted by Gasteiger charge is -2.58. The van der Waals surface area contributed by atoms with Gasteiger partial charge in [0.15, 0.2) is 12.4 Å². The Bertz CT molecular complexity index is 827. The zero-order chi connectivity index (χ0) is 21.2. The highest BCUT2D eigenvalue weighted by molar-refractivity contribution is 5.92. The van der Waals surface area contributed by atoms with Gasteiger partial charge in [0.05, 0.1) is 6.10 Å². The van der Waals surface area contributed by atoms with Gasteiger partial charge in [-0.3, -0.25) is 14.4 Å². The predicted octanol–water partition coefficient (Wildman–Crippen LogP) is 2.13. The topological polar surface area (TPSA) is 101 Å². The number of allylic oxidation sites excluding steroid dienone is 4. The molecule has 2 fully saturated rings. The van der Waals surface area contributed by atoms with Gasteiger partial charge in [0.2, 0.25) is 5.78 Å². The summed E-state index contributed by atoms with van der Waals surface area (Å²) in [5, 5.41) is 22.7. The molecule has 0 amide bonds. The van der Waals surface area contributed by atoms with Crippen molar-refractivity contribution in [2.24, 2.45) is 28.6 Å². The molecule has 29 heavy (non-hydrogen) atoms. The number of carbonyl (C=O) groups is 3. The number of aliphatic hydroxyl groups is 2. The molecule has 0 aliphatic heterocycles. The summed E-state index contributed by atoms with van der Waals surface area (Å²) >= 11 is 0. The van der Waals surface area contributed by atoms with Crippen molar-refractivity contribution in [3.05, 3.63) is 23.8 Å². The Morgan fingerprint density at radius 1 is 1.28 bits per heavy atom. The Kier molecular flexibility index (Phi) is 4.67. The lowest BCUT2D eigenvalue weighted by Crippen LogP contribution is -2.61. The van der Waals surface area contributed by atoms with E-state index >= 15 is 0 Å². The van der Waals surface area contributed by atoms with Crippen LogP contribution in [0.5, 0.6) is 0 Å². The van der Waals surface area contributed by atoms with Crippen molar-refractivity contribution in [1.82, 2.24) is 0 Å². The molecule has 0 heterocycles. The molecule has 0 spiro atoms. The van der Waals surface area contributed by atoms with Gasteiger partial charge in [-0.25, -0.2) is 0 Å². The van der Waals surface area contributed by atoms with Crippen LogP contribution in [0.3, 0.4) is 0 Å². The van der Waals surface area contributed by atoms with Gasteiger partial charge in [0.1, 0.15) is 5.60 Å². The van der Waals surface area contributed by atoms with E-state index in [0.29, 0.717) is 32.1 Å². The molecule has 0 bridgehead atoms. The second-order valence-corrected chi connectivity index (χ2v) is 9.84. The fourth-order valence-electron chi connectivity index (χ4n) is 6.88. The molecule has 0 aromatic rings. The smallest absolute Gasteiger partial charge is 0.303 e. The minimum atomic E-state index is -1.62. The van der Waals surface area contributed by atoms with Crippen molar-refractivity contribution in [1.29, 1.82) is 0 Å². The first-order valence-electron chi connectivity index (χ1n) is 10.5. The Morgan fingerprint density at radius 3 is 2.69 bits per heavy atom. The summed E-state index contributed by atoms with van der Waals surface area (Å²) in [6.07, 6.45) is 7.57. The van der Waals surface area contributed by atoms with Crippen LogP contribution in [0.25, 0.3) is 0 Å². The van der Waals surface area contributed by atoms with Crippen LogP contribution in [0.1, 0.15) is 52.9 Å². The standard InChI is InChI=1S/C23H30O6/c1-13(24)29-12-19(27)23(28)9-7-17-16-5-4-14-10-15(25)6-8-21(14,2)20(16)18(26)11-22(17,23)3/h4-5,10,16-18,20,26,28H,6-9,11-12H2,1-3H3/t16-,17-,18+,20+,21+,22-,23-/m1/s1. The number of Topliss-reactive ketones (excluding diaryl/α,β-unsaturated/α-hetero) is 1. The monoisotopic (exact) mass is 402 g/mol. The maximum Gasteiger partial charge on any atom is 0.303 e. The van der Waals surface area contributed by atoms with Gasteiger partial charge >= 0.3 is 5.97 Å². The molecule has 4 rings (SSSR count). The molecular formula is C23H30O6. The van der Waals surface area contributed by atoms with Crippen LogP contribution in [-0.4, -0.2) is 46.1 Å². The van der Waals surface area contributed by atoms with Crippen molar-refractivity contribution in [2.75, 3.05) is 6.61 Å². The second-order valence-electron chi connectivity index (χ2n) is 9.84. The average molecular weight is 402 g/mol.